The molecule has 2 heterocycles. The number of aromatic nitrogens is 2. The summed E-state index contributed by atoms with van der Waals surface area (Å²) < 4.78 is 5.89. The molecule has 0 unspecified atom stereocenters. The van der Waals surface area contributed by atoms with Crippen molar-refractivity contribution < 1.29 is 4.74 Å². The molecule has 3 aromatic rings. The van der Waals surface area contributed by atoms with Crippen molar-refractivity contribution in [3.05, 3.63) is 90.0 Å². The van der Waals surface area contributed by atoms with Crippen molar-refractivity contribution >= 4 is 11.6 Å². The van der Waals surface area contributed by atoms with Gasteiger partial charge in [-0.05, 0) is 30.3 Å². The molecule has 0 N–H and O–H groups in total. The third-order valence-electron chi connectivity index (χ3n) is 3.40. The van der Waals surface area contributed by atoms with Gasteiger partial charge in [0.2, 0.25) is 0 Å². The number of ether oxygens (including phenoxy) is 1. The van der Waals surface area contributed by atoms with Crippen LogP contribution in [0.2, 0.25) is 0 Å². The topological polar surface area (TPSA) is 58.8 Å². The van der Waals surface area contributed by atoms with Gasteiger partial charge in [0.05, 0.1) is 11.3 Å². The smallest absolute Gasteiger partial charge is 0.127 e. The van der Waals surface area contributed by atoms with Gasteiger partial charge in [-0.1, -0.05) is 30.3 Å². The van der Waals surface area contributed by atoms with Crippen molar-refractivity contribution in [3.63, 3.8) is 0 Å². The lowest BCUT2D eigenvalue weighted by atomic mass is 10.1. The number of nitrogens with zero attached hydrogens (tertiary/aromatic N) is 3. The first kappa shape index (κ1) is 15.4. The SMILES string of the molecule is N#C/C(=C/c1ccccc1OCc1cccnc1)c1ccccn1. The van der Waals surface area contributed by atoms with Crippen LogP contribution < -0.4 is 4.74 Å². The van der Waals surface area contributed by atoms with E-state index in [9.17, 15) is 5.26 Å². The van der Waals surface area contributed by atoms with Crippen molar-refractivity contribution in [2.75, 3.05) is 0 Å². The van der Waals surface area contributed by atoms with Crippen LogP contribution in [0.15, 0.2) is 73.2 Å². The van der Waals surface area contributed by atoms with Crippen LogP contribution in [-0.4, -0.2) is 9.97 Å². The van der Waals surface area contributed by atoms with E-state index < -0.39 is 0 Å². The van der Waals surface area contributed by atoms with Gasteiger partial charge in [-0.25, -0.2) is 0 Å². The highest BCUT2D eigenvalue weighted by atomic mass is 16.5. The molecule has 116 valence electrons. The number of allylic oxidation sites excluding steroid dienone is 1. The summed E-state index contributed by atoms with van der Waals surface area (Å²) in [5.74, 6) is 0.713. The average molecular weight is 313 g/mol. The molecule has 0 spiro atoms. The first-order valence-electron chi connectivity index (χ1n) is 7.51. The number of hydrogen-bond acceptors (Lipinski definition) is 4. The van der Waals surface area contributed by atoms with E-state index in [-0.39, 0.29) is 0 Å². The molecular weight excluding hydrogens is 298 g/mol. The molecule has 3 rings (SSSR count). The first-order valence-corrected chi connectivity index (χ1v) is 7.51. The van der Waals surface area contributed by atoms with Crippen LogP contribution in [0.5, 0.6) is 5.75 Å². The van der Waals surface area contributed by atoms with Gasteiger partial charge in [0.15, 0.2) is 0 Å². The van der Waals surface area contributed by atoms with Crippen molar-refractivity contribution in [2.24, 2.45) is 0 Å². The van der Waals surface area contributed by atoms with E-state index in [4.69, 9.17) is 4.74 Å². The summed E-state index contributed by atoms with van der Waals surface area (Å²) in [6.45, 7) is 0.421. The van der Waals surface area contributed by atoms with Crippen LogP contribution in [0.1, 0.15) is 16.8 Å². The molecule has 1 aromatic carbocycles. The fourth-order valence-electron chi connectivity index (χ4n) is 2.22. The molecule has 2 aromatic heterocycles. The Bertz CT molecular complexity index is 868. The zero-order valence-corrected chi connectivity index (χ0v) is 13.0. The van der Waals surface area contributed by atoms with Crippen LogP contribution in [0.3, 0.4) is 0 Å². The fourth-order valence-corrected chi connectivity index (χ4v) is 2.22. The first-order chi connectivity index (χ1) is 11.9. The second kappa shape index (κ2) is 7.70. The second-order valence-electron chi connectivity index (χ2n) is 5.07. The maximum atomic E-state index is 9.43. The molecule has 4 heteroatoms. The van der Waals surface area contributed by atoms with E-state index in [0.29, 0.717) is 23.6 Å². The Morgan fingerprint density at radius 2 is 1.92 bits per heavy atom. The van der Waals surface area contributed by atoms with Gasteiger partial charge >= 0.3 is 0 Å². The van der Waals surface area contributed by atoms with E-state index in [2.05, 4.69) is 16.0 Å². The van der Waals surface area contributed by atoms with Gasteiger partial charge in [0.25, 0.3) is 0 Å². The summed E-state index contributed by atoms with van der Waals surface area (Å²) in [6, 6.07) is 19.1. The number of benzene rings is 1. The van der Waals surface area contributed by atoms with E-state index >= 15 is 0 Å². The van der Waals surface area contributed by atoms with Crippen LogP contribution in [0.25, 0.3) is 11.6 Å². The zero-order chi connectivity index (χ0) is 16.6. The Labute approximate surface area is 140 Å². The molecule has 0 atom stereocenters. The molecular formula is C20H15N3O. The molecule has 0 bridgehead atoms. The summed E-state index contributed by atoms with van der Waals surface area (Å²) in [5.41, 5.74) is 2.96. The highest BCUT2D eigenvalue weighted by Gasteiger charge is 2.06. The number of pyridine rings is 2. The molecule has 0 saturated carbocycles. The third kappa shape index (κ3) is 3.84. The molecule has 0 saturated heterocycles. The summed E-state index contributed by atoms with van der Waals surface area (Å²) >= 11 is 0. The fraction of sp³-hybridized carbons (Fsp3) is 0.0500. The third-order valence-corrected chi connectivity index (χ3v) is 3.40. The lowest BCUT2D eigenvalue weighted by Gasteiger charge is -2.09. The predicted octanol–water partition coefficient (Wildman–Crippen LogP) is 4.12. The summed E-state index contributed by atoms with van der Waals surface area (Å²) in [7, 11) is 0. The normalized spacial score (nSPS) is 10.9. The van der Waals surface area contributed by atoms with Crippen LogP contribution in [0, 0.1) is 11.3 Å². The summed E-state index contributed by atoms with van der Waals surface area (Å²) in [5, 5.41) is 9.43. The molecule has 0 aliphatic rings. The van der Waals surface area contributed by atoms with Crippen LogP contribution in [-0.2, 0) is 6.61 Å². The minimum atomic E-state index is 0.421. The maximum absolute atomic E-state index is 9.43. The highest BCUT2D eigenvalue weighted by Crippen LogP contribution is 2.24. The summed E-state index contributed by atoms with van der Waals surface area (Å²) in [6.07, 6.45) is 6.96. The molecule has 0 amide bonds. The van der Waals surface area contributed by atoms with E-state index in [1.54, 1.807) is 24.7 Å². The lowest BCUT2D eigenvalue weighted by Crippen LogP contribution is -1.97. The standard InChI is InChI=1S/C20H15N3O/c21-13-18(19-8-3-4-11-23-19)12-17-7-1-2-9-20(17)24-15-16-6-5-10-22-14-16/h1-12,14H,15H2/b18-12-. The van der Waals surface area contributed by atoms with Gasteiger partial charge in [-0.3, -0.25) is 9.97 Å². The highest BCUT2D eigenvalue weighted by molar-refractivity contribution is 5.89. The Morgan fingerprint density at radius 1 is 1.04 bits per heavy atom. The van der Waals surface area contributed by atoms with E-state index in [0.717, 1.165) is 11.1 Å². The number of nitriles is 1. The minimum absolute atomic E-state index is 0.421. The predicted molar refractivity (Wildman–Crippen MR) is 92.7 cm³/mol. The molecule has 0 aliphatic heterocycles. The van der Waals surface area contributed by atoms with Gasteiger partial charge in [-0.2, -0.15) is 5.26 Å². The molecule has 24 heavy (non-hydrogen) atoms. The quantitative estimate of drug-likeness (QED) is 0.665. The Balaban J connectivity index is 1.86. The molecule has 4 nitrogen and oxygen atoms in total. The Morgan fingerprint density at radius 3 is 2.67 bits per heavy atom. The largest absolute Gasteiger partial charge is 0.488 e. The van der Waals surface area contributed by atoms with Crippen molar-refractivity contribution in [3.8, 4) is 11.8 Å². The van der Waals surface area contributed by atoms with E-state index in [1.807, 2.05) is 54.6 Å². The number of rotatable bonds is 5. The Hall–Kier alpha value is -3.45. The van der Waals surface area contributed by atoms with Gasteiger partial charge in [-0.15, -0.1) is 0 Å². The van der Waals surface area contributed by atoms with Crippen molar-refractivity contribution in [1.82, 2.24) is 9.97 Å². The maximum Gasteiger partial charge on any atom is 0.127 e. The minimum Gasteiger partial charge on any atom is -0.488 e. The second-order valence-corrected chi connectivity index (χ2v) is 5.07. The van der Waals surface area contributed by atoms with Gasteiger partial charge < -0.3 is 4.74 Å². The van der Waals surface area contributed by atoms with Gasteiger partial charge in [0.1, 0.15) is 18.4 Å². The Kier molecular flexibility index (Phi) is 4.96. The number of para-hydroxylation sites is 1. The lowest BCUT2D eigenvalue weighted by molar-refractivity contribution is 0.305. The van der Waals surface area contributed by atoms with Crippen molar-refractivity contribution in [1.29, 1.82) is 5.26 Å². The van der Waals surface area contributed by atoms with Crippen LogP contribution >= 0.6 is 0 Å². The van der Waals surface area contributed by atoms with Gasteiger partial charge in [0, 0.05) is 29.7 Å². The van der Waals surface area contributed by atoms with Crippen LogP contribution in [0.4, 0.5) is 0 Å². The zero-order valence-electron chi connectivity index (χ0n) is 13.0. The average Bonchev–Trinajstić information content (AvgIpc) is 2.66. The molecule has 0 radical (unpaired) electrons. The summed E-state index contributed by atoms with van der Waals surface area (Å²) in [4.78, 5) is 8.31. The van der Waals surface area contributed by atoms with E-state index in [1.165, 1.54) is 0 Å². The monoisotopic (exact) mass is 313 g/mol. The van der Waals surface area contributed by atoms with Crippen molar-refractivity contribution in [2.45, 2.75) is 6.61 Å². The molecule has 0 aliphatic carbocycles. The number of hydrogen-bond donors (Lipinski definition) is 0. The molecule has 0 fully saturated rings.